The van der Waals surface area contributed by atoms with Gasteiger partial charge in [0.05, 0.1) is 6.42 Å². The molecule has 0 unspecified atom stereocenters. The minimum atomic E-state index is -0.327. The van der Waals surface area contributed by atoms with Crippen LogP contribution in [0.25, 0.3) is 0 Å². The number of benzene rings is 2. The topological polar surface area (TPSA) is 29.1 Å². The molecule has 0 heterocycles. The summed E-state index contributed by atoms with van der Waals surface area (Å²) in [5.74, 6) is -0.0818. The molecule has 0 aromatic heterocycles. The molecule has 21 heavy (non-hydrogen) atoms. The quantitative estimate of drug-likeness (QED) is 0.895. The van der Waals surface area contributed by atoms with Crippen LogP contribution < -0.4 is 5.32 Å². The van der Waals surface area contributed by atoms with Crippen LogP contribution in [0.2, 0.25) is 0 Å². The van der Waals surface area contributed by atoms with E-state index in [0.717, 1.165) is 10.9 Å². The Hall–Kier alpha value is -1.68. The molecule has 0 radical (unpaired) electrons. The van der Waals surface area contributed by atoms with Crippen molar-refractivity contribution < 1.29 is 9.18 Å². The highest BCUT2D eigenvalue weighted by Gasteiger charge is 2.39. The van der Waals surface area contributed by atoms with Gasteiger partial charge >= 0.3 is 0 Å². The molecule has 2 aromatic rings. The Bertz CT molecular complexity index is 673. The van der Waals surface area contributed by atoms with Crippen molar-refractivity contribution >= 4 is 21.8 Å². The molecule has 0 spiro atoms. The Kier molecular flexibility index (Phi) is 4.06. The average Bonchev–Trinajstić information content (AvgIpc) is 3.20. The number of hydrogen-bond acceptors (Lipinski definition) is 1. The van der Waals surface area contributed by atoms with Crippen molar-refractivity contribution in [1.29, 1.82) is 0 Å². The van der Waals surface area contributed by atoms with E-state index in [0.29, 0.717) is 11.5 Å². The van der Waals surface area contributed by atoms with E-state index < -0.39 is 0 Å². The van der Waals surface area contributed by atoms with Crippen LogP contribution in [0.1, 0.15) is 23.5 Å². The van der Waals surface area contributed by atoms with Gasteiger partial charge in [-0.05, 0) is 35.7 Å². The van der Waals surface area contributed by atoms with Gasteiger partial charge in [0, 0.05) is 16.4 Å². The number of rotatable bonds is 4. The predicted molar refractivity (Wildman–Crippen MR) is 83.5 cm³/mol. The monoisotopic (exact) mass is 347 g/mol. The van der Waals surface area contributed by atoms with Crippen LogP contribution >= 0.6 is 15.9 Å². The second-order valence-electron chi connectivity index (χ2n) is 5.34. The maximum absolute atomic E-state index is 13.5. The summed E-state index contributed by atoms with van der Waals surface area (Å²) >= 11 is 3.45. The second kappa shape index (κ2) is 5.98. The highest BCUT2D eigenvalue weighted by Crippen LogP contribution is 2.41. The largest absolute Gasteiger partial charge is 0.352 e. The summed E-state index contributed by atoms with van der Waals surface area (Å²) in [5, 5.41) is 2.98. The fourth-order valence-corrected chi connectivity index (χ4v) is 2.95. The third-order valence-electron chi connectivity index (χ3n) is 3.72. The van der Waals surface area contributed by atoms with E-state index >= 15 is 0 Å². The van der Waals surface area contributed by atoms with Gasteiger partial charge in [0.1, 0.15) is 5.82 Å². The molecule has 1 amide bonds. The number of hydrogen-bond donors (Lipinski definition) is 1. The molecule has 1 fully saturated rings. The van der Waals surface area contributed by atoms with E-state index in [2.05, 4.69) is 33.4 Å². The molecule has 2 aromatic carbocycles. The van der Waals surface area contributed by atoms with Crippen molar-refractivity contribution in [2.75, 3.05) is 0 Å². The summed E-state index contributed by atoms with van der Waals surface area (Å²) in [6, 6.07) is 14.7. The van der Waals surface area contributed by atoms with Gasteiger partial charge in [0.2, 0.25) is 5.91 Å². The maximum atomic E-state index is 13.5. The van der Waals surface area contributed by atoms with Crippen LogP contribution in [0.15, 0.2) is 53.0 Å². The van der Waals surface area contributed by atoms with Crippen LogP contribution in [0.3, 0.4) is 0 Å². The van der Waals surface area contributed by atoms with Crippen LogP contribution in [0.4, 0.5) is 4.39 Å². The first-order valence-corrected chi connectivity index (χ1v) is 7.71. The molecule has 0 aliphatic heterocycles. The zero-order valence-electron chi connectivity index (χ0n) is 11.4. The maximum Gasteiger partial charge on any atom is 0.224 e. The third-order valence-corrected chi connectivity index (χ3v) is 4.22. The molecule has 3 rings (SSSR count). The molecule has 1 aliphatic rings. The zero-order chi connectivity index (χ0) is 14.8. The van der Waals surface area contributed by atoms with Crippen molar-refractivity contribution in [3.05, 3.63) is 69.9 Å². The lowest BCUT2D eigenvalue weighted by Gasteiger charge is -2.06. The third kappa shape index (κ3) is 3.50. The first-order valence-electron chi connectivity index (χ1n) is 6.92. The Morgan fingerprint density at radius 3 is 2.81 bits per heavy atom. The predicted octanol–water partition coefficient (Wildman–Crippen LogP) is 3.80. The normalized spacial score (nSPS) is 20.1. The number of halogens is 2. The molecule has 1 saturated carbocycles. The van der Waals surface area contributed by atoms with Gasteiger partial charge in [0.25, 0.3) is 0 Å². The SMILES string of the molecule is O=C(Cc1ccccc1F)N[C@@H]1C[C@H]1c1cccc(Br)c1. The van der Waals surface area contributed by atoms with Crippen LogP contribution in [-0.2, 0) is 11.2 Å². The first-order chi connectivity index (χ1) is 10.1. The Morgan fingerprint density at radius 1 is 1.24 bits per heavy atom. The molecule has 0 bridgehead atoms. The summed E-state index contributed by atoms with van der Waals surface area (Å²) in [5.41, 5.74) is 1.66. The lowest BCUT2D eigenvalue weighted by atomic mass is 10.1. The fourth-order valence-electron chi connectivity index (χ4n) is 2.53. The Morgan fingerprint density at radius 2 is 2.05 bits per heavy atom. The first kappa shape index (κ1) is 14.3. The zero-order valence-corrected chi connectivity index (χ0v) is 12.9. The molecule has 2 nitrogen and oxygen atoms in total. The van der Waals surface area contributed by atoms with Crippen molar-refractivity contribution in [3.63, 3.8) is 0 Å². The van der Waals surface area contributed by atoms with Gasteiger partial charge in [-0.15, -0.1) is 0 Å². The summed E-state index contributed by atoms with van der Waals surface area (Å²) in [6.07, 6.45) is 1.04. The van der Waals surface area contributed by atoms with Gasteiger partial charge in [0.15, 0.2) is 0 Å². The molecule has 4 heteroatoms. The second-order valence-corrected chi connectivity index (χ2v) is 6.26. The fraction of sp³-hybridized carbons (Fsp3) is 0.235. The van der Waals surface area contributed by atoms with E-state index in [1.807, 2.05) is 12.1 Å². The minimum Gasteiger partial charge on any atom is -0.352 e. The minimum absolute atomic E-state index is 0.0916. The standard InChI is InChI=1S/C17H15BrFNO/c18-13-6-3-5-11(8-13)14-10-16(14)20-17(21)9-12-4-1-2-7-15(12)19/h1-8,14,16H,9-10H2,(H,20,21)/t14-,16+/m0/s1. The van der Waals surface area contributed by atoms with E-state index in [1.54, 1.807) is 18.2 Å². The van der Waals surface area contributed by atoms with Gasteiger partial charge in [-0.1, -0.05) is 46.3 Å². The van der Waals surface area contributed by atoms with Crippen LogP contribution in [0.5, 0.6) is 0 Å². The van der Waals surface area contributed by atoms with E-state index in [9.17, 15) is 9.18 Å². The van der Waals surface area contributed by atoms with Gasteiger partial charge in [-0.3, -0.25) is 4.79 Å². The summed E-state index contributed by atoms with van der Waals surface area (Å²) in [4.78, 5) is 12.0. The molecule has 0 saturated heterocycles. The number of amides is 1. The lowest BCUT2D eigenvalue weighted by Crippen LogP contribution is -2.28. The number of carbonyl (C=O) groups excluding carboxylic acids is 1. The van der Waals surface area contributed by atoms with E-state index in [-0.39, 0.29) is 24.2 Å². The summed E-state index contributed by atoms with van der Waals surface area (Å²) < 4.78 is 14.5. The van der Waals surface area contributed by atoms with Crippen molar-refractivity contribution in [1.82, 2.24) is 5.32 Å². The highest BCUT2D eigenvalue weighted by atomic mass is 79.9. The Labute approximate surface area is 131 Å². The van der Waals surface area contributed by atoms with Gasteiger partial charge in [-0.25, -0.2) is 4.39 Å². The Balaban J connectivity index is 1.57. The summed E-state index contributed by atoms with van der Waals surface area (Å²) in [7, 11) is 0. The van der Waals surface area contributed by atoms with Crippen LogP contribution in [-0.4, -0.2) is 11.9 Å². The average molecular weight is 348 g/mol. The van der Waals surface area contributed by atoms with Gasteiger partial charge in [-0.2, -0.15) is 0 Å². The van der Waals surface area contributed by atoms with E-state index in [1.165, 1.54) is 11.6 Å². The van der Waals surface area contributed by atoms with Gasteiger partial charge < -0.3 is 5.32 Å². The van der Waals surface area contributed by atoms with Crippen molar-refractivity contribution in [3.8, 4) is 0 Å². The number of carbonyl (C=O) groups is 1. The van der Waals surface area contributed by atoms with Crippen molar-refractivity contribution in [2.24, 2.45) is 0 Å². The highest BCUT2D eigenvalue weighted by molar-refractivity contribution is 9.10. The smallest absolute Gasteiger partial charge is 0.224 e. The summed E-state index contributed by atoms with van der Waals surface area (Å²) in [6.45, 7) is 0. The molecule has 108 valence electrons. The van der Waals surface area contributed by atoms with E-state index in [4.69, 9.17) is 0 Å². The molecule has 1 aliphatic carbocycles. The lowest BCUT2D eigenvalue weighted by molar-refractivity contribution is -0.120. The number of nitrogens with one attached hydrogen (secondary N) is 1. The van der Waals surface area contributed by atoms with Crippen molar-refractivity contribution in [2.45, 2.75) is 24.8 Å². The molecule has 2 atom stereocenters. The van der Waals surface area contributed by atoms with Crippen LogP contribution in [0, 0.1) is 5.82 Å². The molecular weight excluding hydrogens is 333 g/mol. The molecule has 1 N–H and O–H groups in total. The molecular formula is C17H15BrFNO.